The second-order valence-corrected chi connectivity index (χ2v) is 5.71. The number of hydrogen-bond donors (Lipinski definition) is 2. The lowest BCUT2D eigenvalue weighted by Gasteiger charge is -2.21. The van der Waals surface area contributed by atoms with Gasteiger partial charge in [0.15, 0.2) is 11.5 Å². The molecular weight excluding hydrogens is 321 g/mol. The molecule has 0 fully saturated rings. The van der Waals surface area contributed by atoms with Gasteiger partial charge in [-0.1, -0.05) is 23.7 Å². The Morgan fingerprint density at radius 3 is 2.70 bits per heavy atom. The highest BCUT2D eigenvalue weighted by atomic mass is 35.5. The van der Waals surface area contributed by atoms with Crippen molar-refractivity contribution in [3.05, 3.63) is 58.4 Å². The van der Waals surface area contributed by atoms with Gasteiger partial charge < -0.3 is 19.9 Å². The SMILES string of the molecule is OC(CNCc1ccc(F)cc1)c1cc(Cl)c2c(c1)OCCO2. The Hall–Kier alpha value is -1.82. The van der Waals surface area contributed by atoms with Gasteiger partial charge in [0.2, 0.25) is 0 Å². The van der Waals surface area contributed by atoms with E-state index in [4.69, 9.17) is 21.1 Å². The minimum Gasteiger partial charge on any atom is -0.486 e. The lowest BCUT2D eigenvalue weighted by molar-refractivity contribution is 0.163. The van der Waals surface area contributed by atoms with E-state index in [2.05, 4.69) is 5.32 Å². The van der Waals surface area contributed by atoms with Crippen LogP contribution in [-0.2, 0) is 6.54 Å². The summed E-state index contributed by atoms with van der Waals surface area (Å²) in [6.45, 7) is 1.81. The van der Waals surface area contributed by atoms with Crippen molar-refractivity contribution in [1.29, 1.82) is 0 Å². The Morgan fingerprint density at radius 2 is 1.91 bits per heavy atom. The molecule has 0 aromatic heterocycles. The van der Waals surface area contributed by atoms with Crippen LogP contribution in [0.1, 0.15) is 17.2 Å². The van der Waals surface area contributed by atoms with Crippen LogP contribution in [-0.4, -0.2) is 24.9 Å². The smallest absolute Gasteiger partial charge is 0.179 e. The van der Waals surface area contributed by atoms with E-state index >= 15 is 0 Å². The van der Waals surface area contributed by atoms with Gasteiger partial charge in [0.25, 0.3) is 0 Å². The average Bonchev–Trinajstić information content (AvgIpc) is 2.56. The summed E-state index contributed by atoms with van der Waals surface area (Å²) in [4.78, 5) is 0. The van der Waals surface area contributed by atoms with Crippen LogP contribution in [0.25, 0.3) is 0 Å². The van der Waals surface area contributed by atoms with E-state index in [9.17, 15) is 9.50 Å². The van der Waals surface area contributed by atoms with Crippen molar-refractivity contribution >= 4 is 11.6 Å². The highest BCUT2D eigenvalue weighted by Gasteiger charge is 2.19. The number of aliphatic hydroxyl groups is 1. The zero-order valence-corrected chi connectivity index (χ0v) is 13.1. The predicted molar refractivity (Wildman–Crippen MR) is 85.5 cm³/mol. The number of benzene rings is 2. The van der Waals surface area contributed by atoms with Gasteiger partial charge in [-0.05, 0) is 35.4 Å². The predicted octanol–water partition coefficient (Wildman–Crippen LogP) is 3.07. The molecule has 0 aliphatic carbocycles. The number of aliphatic hydroxyl groups excluding tert-OH is 1. The van der Waals surface area contributed by atoms with Crippen molar-refractivity contribution in [2.75, 3.05) is 19.8 Å². The van der Waals surface area contributed by atoms with Crippen LogP contribution in [0.3, 0.4) is 0 Å². The van der Waals surface area contributed by atoms with Crippen LogP contribution in [0.2, 0.25) is 5.02 Å². The van der Waals surface area contributed by atoms with Crippen molar-refractivity contribution in [3.63, 3.8) is 0 Å². The van der Waals surface area contributed by atoms with Crippen molar-refractivity contribution in [2.45, 2.75) is 12.6 Å². The van der Waals surface area contributed by atoms with Gasteiger partial charge in [-0.2, -0.15) is 0 Å². The Bertz CT molecular complexity index is 678. The van der Waals surface area contributed by atoms with E-state index in [0.717, 1.165) is 5.56 Å². The molecular formula is C17H17ClFNO3. The van der Waals surface area contributed by atoms with E-state index in [0.29, 0.717) is 48.4 Å². The van der Waals surface area contributed by atoms with Crippen LogP contribution >= 0.6 is 11.6 Å². The van der Waals surface area contributed by atoms with Crippen molar-refractivity contribution in [3.8, 4) is 11.5 Å². The van der Waals surface area contributed by atoms with Gasteiger partial charge in [-0.3, -0.25) is 0 Å². The first-order valence-electron chi connectivity index (χ1n) is 7.36. The fraction of sp³-hybridized carbons (Fsp3) is 0.294. The van der Waals surface area contributed by atoms with E-state index in [1.165, 1.54) is 12.1 Å². The summed E-state index contributed by atoms with van der Waals surface area (Å²) in [6.07, 6.45) is -0.733. The molecule has 1 heterocycles. The highest BCUT2D eigenvalue weighted by Crippen LogP contribution is 2.39. The molecule has 3 rings (SSSR count). The molecule has 2 N–H and O–H groups in total. The Labute approximate surface area is 138 Å². The molecule has 1 aliphatic rings. The van der Waals surface area contributed by atoms with Crippen LogP contribution in [0.4, 0.5) is 4.39 Å². The Morgan fingerprint density at radius 1 is 1.17 bits per heavy atom. The third kappa shape index (κ3) is 3.93. The third-order valence-corrected chi connectivity index (χ3v) is 3.86. The van der Waals surface area contributed by atoms with Gasteiger partial charge in [0, 0.05) is 13.1 Å². The zero-order valence-electron chi connectivity index (χ0n) is 12.4. The summed E-state index contributed by atoms with van der Waals surface area (Å²) in [5, 5.41) is 13.8. The van der Waals surface area contributed by atoms with E-state index in [-0.39, 0.29) is 5.82 Å². The van der Waals surface area contributed by atoms with Crippen LogP contribution in [0.15, 0.2) is 36.4 Å². The van der Waals surface area contributed by atoms with E-state index in [1.807, 2.05) is 0 Å². The first-order chi connectivity index (χ1) is 11.1. The van der Waals surface area contributed by atoms with E-state index < -0.39 is 6.10 Å². The van der Waals surface area contributed by atoms with E-state index in [1.54, 1.807) is 24.3 Å². The number of hydrogen-bond acceptors (Lipinski definition) is 4. The number of fused-ring (bicyclic) bond motifs is 1. The zero-order chi connectivity index (χ0) is 16.2. The van der Waals surface area contributed by atoms with Gasteiger partial charge >= 0.3 is 0 Å². The second kappa shape index (κ2) is 7.17. The maximum absolute atomic E-state index is 12.8. The standard InChI is InChI=1S/C17H17ClFNO3/c18-14-7-12(8-16-17(14)23-6-5-22-16)15(21)10-20-9-11-1-3-13(19)4-2-11/h1-4,7-8,15,20-21H,5-6,9-10H2. The Kier molecular flexibility index (Phi) is 5.00. The first kappa shape index (κ1) is 16.1. The third-order valence-electron chi connectivity index (χ3n) is 3.58. The lowest BCUT2D eigenvalue weighted by Crippen LogP contribution is -2.21. The first-order valence-corrected chi connectivity index (χ1v) is 7.73. The molecule has 0 saturated carbocycles. The molecule has 6 heteroatoms. The maximum Gasteiger partial charge on any atom is 0.179 e. The molecule has 4 nitrogen and oxygen atoms in total. The van der Waals surface area contributed by atoms with Crippen LogP contribution in [0, 0.1) is 5.82 Å². The number of nitrogens with one attached hydrogen (secondary N) is 1. The quantitative estimate of drug-likeness (QED) is 0.880. The molecule has 1 atom stereocenters. The summed E-state index contributed by atoms with van der Waals surface area (Å²) < 4.78 is 23.8. The van der Waals surface area contributed by atoms with Gasteiger partial charge in [0.1, 0.15) is 19.0 Å². The minimum atomic E-state index is -0.733. The number of rotatable bonds is 5. The summed E-state index contributed by atoms with van der Waals surface area (Å²) >= 11 is 6.16. The molecule has 2 aromatic carbocycles. The molecule has 0 saturated heterocycles. The summed E-state index contributed by atoms with van der Waals surface area (Å²) in [5.74, 6) is 0.809. The maximum atomic E-state index is 12.8. The summed E-state index contributed by atoms with van der Waals surface area (Å²) in [5.41, 5.74) is 1.60. The fourth-order valence-corrected chi connectivity index (χ4v) is 2.67. The van der Waals surface area contributed by atoms with Crippen LogP contribution in [0.5, 0.6) is 11.5 Å². The highest BCUT2D eigenvalue weighted by molar-refractivity contribution is 6.32. The molecule has 1 aliphatic heterocycles. The molecule has 0 spiro atoms. The average molecular weight is 338 g/mol. The van der Waals surface area contributed by atoms with Crippen molar-refractivity contribution in [1.82, 2.24) is 5.32 Å². The van der Waals surface area contributed by atoms with Gasteiger partial charge in [-0.25, -0.2) is 4.39 Å². The fourth-order valence-electron chi connectivity index (χ4n) is 2.40. The summed E-state index contributed by atoms with van der Waals surface area (Å²) in [6, 6.07) is 9.65. The van der Waals surface area contributed by atoms with Gasteiger partial charge in [0.05, 0.1) is 11.1 Å². The number of halogens is 2. The molecule has 0 radical (unpaired) electrons. The monoisotopic (exact) mass is 337 g/mol. The minimum absolute atomic E-state index is 0.264. The normalized spacial score (nSPS) is 14.6. The largest absolute Gasteiger partial charge is 0.486 e. The molecule has 2 aromatic rings. The molecule has 0 bridgehead atoms. The Balaban J connectivity index is 1.60. The van der Waals surface area contributed by atoms with Crippen LogP contribution < -0.4 is 14.8 Å². The molecule has 122 valence electrons. The lowest BCUT2D eigenvalue weighted by atomic mass is 10.1. The van der Waals surface area contributed by atoms with Crippen molar-refractivity contribution < 1.29 is 19.0 Å². The second-order valence-electron chi connectivity index (χ2n) is 5.30. The molecule has 1 unspecified atom stereocenters. The number of ether oxygens (including phenoxy) is 2. The topological polar surface area (TPSA) is 50.7 Å². The van der Waals surface area contributed by atoms with Gasteiger partial charge in [-0.15, -0.1) is 0 Å². The molecule has 23 heavy (non-hydrogen) atoms. The molecule has 0 amide bonds. The van der Waals surface area contributed by atoms with Crippen molar-refractivity contribution in [2.24, 2.45) is 0 Å². The summed E-state index contributed by atoms with van der Waals surface area (Å²) in [7, 11) is 0.